The SMILES string of the molecule is CCCN1CCC(NC(=O)c2cccc(F)c2N)CC1. The number of benzene rings is 1. The van der Waals surface area contributed by atoms with Crippen molar-refractivity contribution in [1.82, 2.24) is 10.2 Å². The lowest BCUT2D eigenvalue weighted by Gasteiger charge is -2.32. The Hall–Kier alpha value is -1.62. The standard InChI is InChI=1S/C15H22FN3O/c1-2-8-19-9-6-11(7-10-19)18-15(20)12-4-3-5-13(16)14(12)17/h3-5,11H,2,6-10,17H2,1H3,(H,18,20). The molecule has 1 saturated heterocycles. The maximum atomic E-state index is 13.3. The summed E-state index contributed by atoms with van der Waals surface area (Å²) in [6.45, 7) is 5.27. The Morgan fingerprint density at radius 3 is 2.80 bits per heavy atom. The highest BCUT2D eigenvalue weighted by atomic mass is 19.1. The summed E-state index contributed by atoms with van der Waals surface area (Å²) in [6, 6.07) is 4.47. The topological polar surface area (TPSA) is 58.4 Å². The molecule has 0 spiro atoms. The summed E-state index contributed by atoms with van der Waals surface area (Å²) in [7, 11) is 0. The van der Waals surface area contributed by atoms with E-state index in [0.717, 1.165) is 38.9 Å². The molecule has 0 aliphatic carbocycles. The second-order valence-corrected chi connectivity index (χ2v) is 5.29. The number of piperidine rings is 1. The van der Waals surface area contributed by atoms with Gasteiger partial charge in [-0.1, -0.05) is 13.0 Å². The minimum Gasteiger partial charge on any atom is -0.396 e. The third-order valence-corrected chi connectivity index (χ3v) is 3.76. The molecule has 1 aromatic carbocycles. The number of carbonyl (C=O) groups is 1. The van der Waals surface area contributed by atoms with Crippen molar-refractivity contribution in [2.24, 2.45) is 0 Å². The predicted molar refractivity (Wildman–Crippen MR) is 78.0 cm³/mol. The van der Waals surface area contributed by atoms with Crippen LogP contribution in [-0.4, -0.2) is 36.5 Å². The molecule has 1 aliphatic heterocycles. The number of nitrogens with zero attached hydrogens (tertiary/aromatic N) is 1. The highest BCUT2D eigenvalue weighted by Crippen LogP contribution is 2.17. The van der Waals surface area contributed by atoms with Crippen LogP contribution in [-0.2, 0) is 0 Å². The van der Waals surface area contributed by atoms with Crippen LogP contribution in [0.3, 0.4) is 0 Å². The van der Waals surface area contributed by atoms with E-state index >= 15 is 0 Å². The van der Waals surface area contributed by atoms with Crippen molar-refractivity contribution in [1.29, 1.82) is 0 Å². The summed E-state index contributed by atoms with van der Waals surface area (Å²) < 4.78 is 13.3. The first-order valence-corrected chi connectivity index (χ1v) is 7.19. The van der Waals surface area contributed by atoms with Crippen LogP contribution in [0.1, 0.15) is 36.5 Å². The predicted octanol–water partition coefficient (Wildman–Crippen LogP) is 2.01. The quantitative estimate of drug-likeness (QED) is 0.829. The van der Waals surface area contributed by atoms with E-state index in [-0.39, 0.29) is 23.2 Å². The fourth-order valence-corrected chi connectivity index (χ4v) is 2.62. The molecule has 1 heterocycles. The maximum Gasteiger partial charge on any atom is 0.253 e. The van der Waals surface area contributed by atoms with E-state index in [1.165, 1.54) is 12.1 Å². The number of nitrogens with two attached hydrogens (primary N) is 1. The Bertz CT molecular complexity index is 470. The number of amides is 1. The molecular formula is C15H22FN3O. The molecule has 2 rings (SSSR count). The van der Waals surface area contributed by atoms with Gasteiger partial charge in [-0.25, -0.2) is 4.39 Å². The van der Waals surface area contributed by atoms with Gasteiger partial charge >= 0.3 is 0 Å². The van der Waals surface area contributed by atoms with Crippen LogP contribution in [0.15, 0.2) is 18.2 Å². The fourth-order valence-electron chi connectivity index (χ4n) is 2.62. The molecule has 1 aliphatic rings. The van der Waals surface area contributed by atoms with Crippen LogP contribution in [0.5, 0.6) is 0 Å². The van der Waals surface area contributed by atoms with Crippen molar-refractivity contribution >= 4 is 11.6 Å². The van der Waals surface area contributed by atoms with Crippen molar-refractivity contribution < 1.29 is 9.18 Å². The van der Waals surface area contributed by atoms with Gasteiger partial charge in [-0.2, -0.15) is 0 Å². The Labute approximate surface area is 119 Å². The molecule has 20 heavy (non-hydrogen) atoms. The third kappa shape index (κ3) is 3.48. The molecule has 0 aromatic heterocycles. The van der Waals surface area contributed by atoms with Gasteiger partial charge < -0.3 is 16.0 Å². The zero-order valence-electron chi connectivity index (χ0n) is 11.9. The summed E-state index contributed by atoms with van der Waals surface area (Å²) in [4.78, 5) is 14.5. The first kappa shape index (κ1) is 14.8. The molecule has 3 N–H and O–H groups in total. The summed E-state index contributed by atoms with van der Waals surface area (Å²) in [5, 5.41) is 2.95. The lowest BCUT2D eigenvalue weighted by Crippen LogP contribution is -2.44. The second-order valence-electron chi connectivity index (χ2n) is 5.29. The average Bonchev–Trinajstić information content (AvgIpc) is 2.44. The molecule has 0 atom stereocenters. The van der Waals surface area contributed by atoms with Crippen molar-refractivity contribution in [3.05, 3.63) is 29.6 Å². The van der Waals surface area contributed by atoms with E-state index in [0.29, 0.717) is 0 Å². The van der Waals surface area contributed by atoms with Gasteiger partial charge in [-0.05, 0) is 37.9 Å². The lowest BCUT2D eigenvalue weighted by molar-refractivity contribution is 0.0911. The van der Waals surface area contributed by atoms with Crippen molar-refractivity contribution in [3.63, 3.8) is 0 Å². The van der Waals surface area contributed by atoms with Crippen LogP contribution in [0, 0.1) is 5.82 Å². The van der Waals surface area contributed by atoms with Gasteiger partial charge in [-0.15, -0.1) is 0 Å². The Balaban J connectivity index is 1.91. The largest absolute Gasteiger partial charge is 0.396 e. The van der Waals surface area contributed by atoms with Gasteiger partial charge in [0.1, 0.15) is 5.82 Å². The molecule has 0 radical (unpaired) electrons. The number of likely N-dealkylation sites (tertiary alicyclic amines) is 1. The number of nitrogens with one attached hydrogen (secondary N) is 1. The number of rotatable bonds is 4. The Morgan fingerprint density at radius 2 is 2.15 bits per heavy atom. The molecule has 1 fully saturated rings. The maximum absolute atomic E-state index is 13.3. The average molecular weight is 279 g/mol. The van der Waals surface area contributed by atoms with Crippen LogP contribution in [0.25, 0.3) is 0 Å². The van der Waals surface area contributed by atoms with Crippen molar-refractivity contribution in [2.75, 3.05) is 25.4 Å². The second kappa shape index (κ2) is 6.70. The van der Waals surface area contributed by atoms with Crippen LogP contribution < -0.4 is 11.1 Å². The molecule has 5 heteroatoms. The number of hydrogen-bond donors (Lipinski definition) is 2. The summed E-state index contributed by atoms with van der Waals surface area (Å²) >= 11 is 0. The number of para-hydroxylation sites is 1. The molecule has 0 bridgehead atoms. The number of nitrogen functional groups attached to an aromatic ring is 1. The molecule has 1 amide bonds. The van der Waals surface area contributed by atoms with Gasteiger partial charge in [0.05, 0.1) is 11.3 Å². The van der Waals surface area contributed by atoms with Crippen LogP contribution >= 0.6 is 0 Å². The third-order valence-electron chi connectivity index (χ3n) is 3.76. The zero-order valence-corrected chi connectivity index (χ0v) is 11.9. The van der Waals surface area contributed by atoms with E-state index in [2.05, 4.69) is 17.1 Å². The first-order valence-electron chi connectivity index (χ1n) is 7.19. The van der Waals surface area contributed by atoms with E-state index in [1.807, 2.05) is 0 Å². The highest BCUT2D eigenvalue weighted by Gasteiger charge is 2.21. The van der Waals surface area contributed by atoms with Gasteiger partial charge in [0, 0.05) is 19.1 Å². The number of anilines is 1. The van der Waals surface area contributed by atoms with E-state index in [4.69, 9.17) is 5.73 Å². The van der Waals surface area contributed by atoms with Crippen molar-refractivity contribution in [3.8, 4) is 0 Å². The zero-order chi connectivity index (χ0) is 14.5. The minimum absolute atomic E-state index is 0.0755. The molecule has 1 aromatic rings. The summed E-state index contributed by atoms with van der Waals surface area (Å²) in [6.07, 6.45) is 3.01. The van der Waals surface area contributed by atoms with Gasteiger partial charge in [0.25, 0.3) is 5.91 Å². The summed E-state index contributed by atoms with van der Waals surface area (Å²) in [5.74, 6) is -0.827. The number of halogens is 1. The molecule has 110 valence electrons. The van der Waals surface area contributed by atoms with Crippen molar-refractivity contribution in [2.45, 2.75) is 32.2 Å². The van der Waals surface area contributed by atoms with Gasteiger partial charge in [0.15, 0.2) is 0 Å². The van der Waals surface area contributed by atoms with Crippen LogP contribution in [0.4, 0.5) is 10.1 Å². The van der Waals surface area contributed by atoms with E-state index in [9.17, 15) is 9.18 Å². The van der Waals surface area contributed by atoms with E-state index < -0.39 is 5.82 Å². The fraction of sp³-hybridized carbons (Fsp3) is 0.533. The van der Waals surface area contributed by atoms with Gasteiger partial charge in [0.2, 0.25) is 0 Å². The number of carbonyl (C=O) groups excluding carboxylic acids is 1. The highest BCUT2D eigenvalue weighted by molar-refractivity contribution is 5.99. The monoisotopic (exact) mass is 279 g/mol. The minimum atomic E-state index is -0.546. The molecule has 4 nitrogen and oxygen atoms in total. The summed E-state index contributed by atoms with van der Waals surface area (Å²) in [5.41, 5.74) is 5.75. The molecule has 0 unspecified atom stereocenters. The lowest BCUT2D eigenvalue weighted by atomic mass is 10.0. The Morgan fingerprint density at radius 1 is 1.45 bits per heavy atom. The normalized spacial score (nSPS) is 17.1. The smallest absolute Gasteiger partial charge is 0.253 e. The molecular weight excluding hydrogens is 257 g/mol. The van der Waals surface area contributed by atoms with Gasteiger partial charge in [-0.3, -0.25) is 4.79 Å². The van der Waals surface area contributed by atoms with Crippen LogP contribution in [0.2, 0.25) is 0 Å². The molecule has 0 saturated carbocycles. The first-order chi connectivity index (χ1) is 9.61. The van der Waals surface area contributed by atoms with E-state index in [1.54, 1.807) is 6.07 Å². The number of hydrogen-bond acceptors (Lipinski definition) is 3. The Kier molecular flexibility index (Phi) is 4.95.